The van der Waals surface area contributed by atoms with Gasteiger partial charge >= 0.3 is 0 Å². The monoisotopic (exact) mass is 421 g/mol. The fourth-order valence-electron chi connectivity index (χ4n) is 3.43. The van der Waals surface area contributed by atoms with Crippen LogP contribution in [-0.4, -0.2) is 53.7 Å². The molecule has 11 heteroatoms. The first-order valence-electron chi connectivity index (χ1n) is 10.2. The average Bonchev–Trinajstić information content (AvgIpc) is 3.37. The minimum atomic E-state index is -1.20. The summed E-state index contributed by atoms with van der Waals surface area (Å²) in [5.74, 6) is 0.629. The quantitative estimate of drug-likeness (QED) is 0.442. The van der Waals surface area contributed by atoms with Crippen LogP contribution >= 0.6 is 0 Å². The van der Waals surface area contributed by atoms with Gasteiger partial charge in [-0.25, -0.2) is 4.99 Å². The number of carbonyl (C=O) groups excluding carboxylic acids is 1. The molecule has 4 N–H and O–H groups in total. The summed E-state index contributed by atoms with van der Waals surface area (Å²) < 4.78 is 1.64. The van der Waals surface area contributed by atoms with Crippen LogP contribution in [0.3, 0.4) is 0 Å². The summed E-state index contributed by atoms with van der Waals surface area (Å²) >= 11 is 0. The Morgan fingerprint density at radius 3 is 2.90 bits per heavy atom. The lowest BCUT2D eigenvalue weighted by atomic mass is 10.1. The molecular weight excluding hydrogens is 398 g/mol. The molecule has 160 valence electrons. The van der Waals surface area contributed by atoms with E-state index in [-0.39, 0.29) is 18.2 Å². The normalized spacial score (nSPS) is 19.3. The highest BCUT2D eigenvalue weighted by atomic mass is 16.3. The number of fused-ring (bicyclic) bond motifs is 1. The van der Waals surface area contributed by atoms with Crippen molar-refractivity contribution >= 4 is 29.2 Å². The summed E-state index contributed by atoms with van der Waals surface area (Å²) in [7, 11) is 0. The molecule has 1 aliphatic carbocycles. The zero-order chi connectivity index (χ0) is 21.5. The first-order chi connectivity index (χ1) is 15.0. The van der Waals surface area contributed by atoms with Gasteiger partial charge in [-0.2, -0.15) is 19.6 Å². The molecule has 1 fully saturated rings. The van der Waals surface area contributed by atoms with Crippen LogP contribution in [0.4, 0.5) is 11.9 Å². The number of nitrogens with one attached hydrogen (secondary N) is 3. The molecule has 1 amide bonds. The fourth-order valence-corrected chi connectivity index (χ4v) is 3.43. The first kappa shape index (κ1) is 19.4. The van der Waals surface area contributed by atoms with Gasteiger partial charge in [-0.05, 0) is 44.4 Å². The van der Waals surface area contributed by atoms with Gasteiger partial charge in [0.15, 0.2) is 5.65 Å². The second-order valence-corrected chi connectivity index (χ2v) is 7.92. The number of hydrogen-bond acceptors (Lipinski definition) is 9. The molecule has 4 heterocycles. The van der Waals surface area contributed by atoms with Crippen LogP contribution in [0.15, 0.2) is 29.5 Å². The smallest absolute Gasteiger partial charge is 0.269 e. The molecule has 1 saturated carbocycles. The number of pyridine rings is 1. The number of amides is 1. The van der Waals surface area contributed by atoms with E-state index in [1.54, 1.807) is 16.9 Å². The number of aliphatic imine (C=N–C) groups is 1. The van der Waals surface area contributed by atoms with E-state index in [4.69, 9.17) is 0 Å². The zero-order valence-corrected chi connectivity index (χ0v) is 17.2. The molecule has 2 atom stereocenters. The molecule has 0 radical (unpaired) electrons. The molecule has 3 aromatic heterocycles. The van der Waals surface area contributed by atoms with Crippen LogP contribution in [0.5, 0.6) is 0 Å². The van der Waals surface area contributed by atoms with Crippen molar-refractivity contribution in [1.29, 1.82) is 0 Å². The Bertz CT molecular complexity index is 1180. The van der Waals surface area contributed by atoms with Crippen molar-refractivity contribution in [3.05, 3.63) is 41.3 Å². The lowest BCUT2D eigenvalue weighted by molar-refractivity contribution is -0.116. The average molecular weight is 421 g/mol. The lowest BCUT2D eigenvalue weighted by Gasteiger charge is -2.15. The van der Waals surface area contributed by atoms with Crippen LogP contribution < -0.4 is 16.0 Å². The highest BCUT2D eigenvalue weighted by Gasteiger charge is 2.27. The Morgan fingerprint density at radius 1 is 1.35 bits per heavy atom. The summed E-state index contributed by atoms with van der Waals surface area (Å²) in [6.07, 6.45) is 4.61. The lowest BCUT2D eigenvalue weighted by Crippen LogP contribution is -2.29. The molecule has 2 aliphatic rings. The number of aliphatic hydroxyl groups excluding tert-OH is 1. The van der Waals surface area contributed by atoms with Crippen LogP contribution in [0.2, 0.25) is 0 Å². The van der Waals surface area contributed by atoms with Gasteiger partial charge in [0.2, 0.25) is 18.2 Å². The van der Waals surface area contributed by atoms with Gasteiger partial charge in [0, 0.05) is 24.2 Å². The number of carbonyl (C=O) groups is 1. The Labute approximate surface area is 178 Å². The Kier molecular flexibility index (Phi) is 4.74. The third kappa shape index (κ3) is 4.04. The van der Waals surface area contributed by atoms with E-state index in [1.807, 2.05) is 26.0 Å². The largest absolute Gasteiger partial charge is 0.355 e. The predicted molar refractivity (Wildman–Crippen MR) is 114 cm³/mol. The summed E-state index contributed by atoms with van der Waals surface area (Å²) in [5, 5.41) is 23.0. The van der Waals surface area contributed by atoms with Crippen LogP contribution in [0.1, 0.15) is 42.6 Å². The summed E-state index contributed by atoms with van der Waals surface area (Å²) in [4.78, 5) is 29.6. The number of anilines is 2. The van der Waals surface area contributed by atoms with E-state index in [0.29, 0.717) is 29.1 Å². The second-order valence-electron chi connectivity index (χ2n) is 7.92. The van der Waals surface area contributed by atoms with Gasteiger partial charge in [-0.1, -0.05) is 0 Å². The van der Waals surface area contributed by atoms with Crippen LogP contribution in [-0.2, 0) is 11.2 Å². The zero-order valence-electron chi connectivity index (χ0n) is 17.2. The molecule has 0 saturated heterocycles. The fraction of sp³-hybridized carbons (Fsp3) is 0.400. The van der Waals surface area contributed by atoms with Gasteiger partial charge < -0.3 is 21.1 Å². The van der Waals surface area contributed by atoms with Crippen molar-refractivity contribution in [3.63, 3.8) is 0 Å². The van der Waals surface area contributed by atoms with E-state index < -0.39 is 12.3 Å². The van der Waals surface area contributed by atoms with Gasteiger partial charge in [-0.3, -0.25) is 9.78 Å². The van der Waals surface area contributed by atoms with Crippen molar-refractivity contribution in [3.8, 4) is 0 Å². The summed E-state index contributed by atoms with van der Waals surface area (Å²) in [5.41, 5.74) is 3.54. The molecular formula is C20H23N9O2. The first-order valence-corrected chi connectivity index (χ1v) is 10.2. The predicted octanol–water partition coefficient (Wildman–Crippen LogP) is 0.964. The standard InChI is InChI=1S/C20H23N9O2/c1-10-5-6-21-14(7-10)11(2)23-18-26-16-12(8-15-17(30)27-20(31)25-15)9-22-29(16)19(28-18)24-13-3-4-13/h5-7,9,11,13,20,31H,3-4,8H2,1-2H3,(H,27,30)(H2,23,24,26,28). The van der Waals surface area contributed by atoms with E-state index >= 15 is 0 Å². The van der Waals surface area contributed by atoms with E-state index in [0.717, 1.165) is 24.1 Å². The molecule has 1 aliphatic heterocycles. The van der Waals surface area contributed by atoms with Gasteiger partial charge in [0.05, 0.1) is 17.9 Å². The number of aliphatic hydroxyl groups is 1. The van der Waals surface area contributed by atoms with E-state index in [9.17, 15) is 9.90 Å². The third-order valence-corrected chi connectivity index (χ3v) is 5.24. The van der Waals surface area contributed by atoms with Crippen LogP contribution in [0.25, 0.3) is 5.65 Å². The van der Waals surface area contributed by atoms with Crippen LogP contribution in [0, 0.1) is 6.92 Å². The van der Waals surface area contributed by atoms with E-state index in [2.05, 4.69) is 41.0 Å². The minimum absolute atomic E-state index is 0.109. The molecule has 5 rings (SSSR count). The molecule has 2 unspecified atom stereocenters. The minimum Gasteiger partial charge on any atom is -0.355 e. The number of aromatic nitrogens is 5. The number of nitrogens with zero attached hydrogens (tertiary/aromatic N) is 6. The Balaban J connectivity index is 1.49. The Morgan fingerprint density at radius 2 is 2.19 bits per heavy atom. The summed E-state index contributed by atoms with van der Waals surface area (Å²) in [6, 6.07) is 4.23. The third-order valence-electron chi connectivity index (χ3n) is 5.24. The molecule has 0 aromatic carbocycles. The molecule has 0 spiro atoms. The van der Waals surface area contributed by atoms with Gasteiger partial charge in [0.1, 0.15) is 5.71 Å². The number of hydrogen-bond donors (Lipinski definition) is 4. The second kappa shape index (κ2) is 7.58. The van der Waals surface area contributed by atoms with E-state index in [1.165, 1.54) is 0 Å². The maximum atomic E-state index is 12.0. The van der Waals surface area contributed by atoms with Crippen molar-refractivity contribution in [2.75, 3.05) is 10.6 Å². The van der Waals surface area contributed by atoms with Crippen molar-refractivity contribution in [1.82, 2.24) is 29.9 Å². The molecule has 0 bridgehead atoms. The molecule has 3 aromatic rings. The maximum absolute atomic E-state index is 12.0. The SMILES string of the molecule is Cc1ccnc(C(C)Nc2nc(NC3CC3)n3ncc(CC4=NC(O)NC4=O)c3n2)c1. The van der Waals surface area contributed by atoms with Gasteiger partial charge in [0.25, 0.3) is 5.91 Å². The topological polar surface area (TPSA) is 142 Å². The molecule has 31 heavy (non-hydrogen) atoms. The highest BCUT2D eigenvalue weighted by molar-refractivity contribution is 6.40. The molecule has 11 nitrogen and oxygen atoms in total. The Hall–Kier alpha value is -3.60. The van der Waals surface area contributed by atoms with Crippen molar-refractivity contribution in [2.45, 2.75) is 51.5 Å². The highest BCUT2D eigenvalue weighted by Crippen LogP contribution is 2.26. The number of aryl methyl sites for hydroxylation is 1. The van der Waals surface area contributed by atoms with Gasteiger partial charge in [-0.15, -0.1) is 0 Å². The van der Waals surface area contributed by atoms with Crippen molar-refractivity contribution < 1.29 is 9.90 Å². The maximum Gasteiger partial charge on any atom is 0.269 e. The number of rotatable bonds is 7. The van der Waals surface area contributed by atoms with Crippen molar-refractivity contribution in [2.24, 2.45) is 4.99 Å². The summed E-state index contributed by atoms with van der Waals surface area (Å²) in [6.45, 7) is 4.02.